The molecule has 3 saturated carbocycles. The Hall–Kier alpha value is 0. The summed E-state index contributed by atoms with van der Waals surface area (Å²) in [4.78, 5) is 0. The lowest BCUT2D eigenvalue weighted by Gasteiger charge is -2.45. The Balaban J connectivity index is 1.97. The van der Waals surface area contributed by atoms with E-state index in [0.717, 1.165) is 5.41 Å². The van der Waals surface area contributed by atoms with E-state index < -0.39 is 0 Å². The van der Waals surface area contributed by atoms with Crippen LogP contribution in [0.3, 0.4) is 0 Å². The highest BCUT2D eigenvalue weighted by Crippen LogP contribution is 2.67. The van der Waals surface area contributed by atoms with Crippen LogP contribution < -0.4 is 0 Å². The fourth-order valence-electron chi connectivity index (χ4n) is 4.02. The molecular weight excluding hydrogens is 120 g/mol. The van der Waals surface area contributed by atoms with Gasteiger partial charge < -0.3 is 0 Å². The van der Waals surface area contributed by atoms with Crippen LogP contribution in [0.1, 0.15) is 44.9 Å². The van der Waals surface area contributed by atoms with Crippen molar-refractivity contribution in [3.63, 3.8) is 0 Å². The third kappa shape index (κ3) is 0.436. The molecule has 3 aliphatic carbocycles. The second-order valence-electron chi connectivity index (χ2n) is 4.64. The van der Waals surface area contributed by atoms with Gasteiger partial charge in [0, 0.05) is 0 Å². The SMILES string of the molecule is C1CC2CCC3CCC23C1. The van der Waals surface area contributed by atoms with Crippen molar-refractivity contribution < 1.29 is 0 Å². The van der Waals surface area contributed by atoms with Gasteiger partial charge in [0.05, 0.1) is 0 Å². The molecule has 0 heterocycles. The van der Waals surface area contributed by atoms with Crippen molar-refractivity contribution in [3.05, 3.63) is 0 Å². The molecule has 0 aromatic rings. The van der Waals surface area contributed by atoms with E-state index in [1.165, 1.54) is 11.8 Å². The van der Waals surface area contributed by atoms with Crippen molar-refractivity contribution in [2.75, 3.05) is 0 Å². The molecule has 10 heavy (non-hydrogen) atoms. The Morgan fingerprint density at radius 1 is 0.800 bits per heavy atom. The van der Waals surface area contributed by atoms with E-state index in [4.69, 9.17) is 0 Å². The minimum atomic E-state index is 0.944. The molecular formula is C10H16. The molecule has 0 bridgehead atoms. The van der Waals surface area contributed by atoms with Gasteiger partial charge in [-0.25, -0.2) is 0 Å². The third-order valence-electron chi connectivity index (χ3n) is 4.64. The van der Waals surface area contributed by atoms with Crippen LogP contribution in [0.2, 0.25) is 0 Å². The minimum absolute atomic E-state index is 0.944. The van der Waals surface area contributed by atoms with E-state index >= 15 is 0 Å². The maximum Gasteiger partial charge on any atom is -0.0241 e. The summed E-state index contributed by atoms with van der Waals surface area (Å²) in [5.74, 6) is 2.38. The summed E-state index contributed by atoms with van der Waals surface area (Å²) in [6.07, 6.45) is 11.1. The molecule has 0 saturated heterocycles. The molecule has 0 heteroatoms. The maximum atomic E-state index is 1.60. The molecule has 0 aromatic heterocycles. The van der Waals surface area contributed by atoms with Crippen molar-refractivity contribution in [1.29, 1.82) is 0 Å². The first-order chi connectivity index (χ1) is 4.92. The maximum absolute atomic E-state index is 1.60. The highest BCUT2D eigenvalue weighted by molar-refractivity contribution is 5.07. The summed E-state index contributed by atoms with van der Waals surface area (Å²) in [6.45, 7) is 0. The molecule has 0 amide bonds. The quantitative estimate of drug-likeness (QED) is 0.480. The highest BCUT2D eigenvalue weighted by Gasteiger charge is 2.57. The molecule has 0 aliphatic heterocycles. The summed E-state index contributed by atoms with van der Waals surface area (Å²) in [6, 6.07) is 0. The predicted octanol–water partition coefficient (Wildman–Crippen LogP) is 2.98. The van der Waals surface area contributed by atoms with Crippen molar-refractivity contribution in [2.45, 2.75) is 44.9 Å². The van der Waals surface area contributed by atoms with E-state index in [9.17, 15) is 0 Å². The van der Waals surface area contributed by atoms with Crippen LogP contribution in [-0.2, 0) is 0 Å². The molecule has 3 rings (SSSR count). The van der Waals surface area contributed by atoms with Crippen LogP contribution in [0, 0.1) is 17.3 Å². The van der Waals surface area contributed by atoms with Crippen molar-refractivity contribution in [2.24, 2.45) is 17.3 Å². The number of hydrogen-bond donors (Lipinski definition) is 0. The zero-order valence-corrected chi connectivity index (χ0v) is 6.60. The summed E-state index contributed by atoms with van der Waals surface area (Å²) < 4.78 is 0. The molecule has 0 aromatic carbocycles. The highest BCUT2D eigenvalue weighted by atomic mass is 14.6. The Kier molecular flexibility index (Phi) is 0.898. The summed E-state index contributed by atoms with van der Waals surface area (Å²) >= 11 is 0. The van der Waals surface area contributed by atoms with Crippen molar-refractivity contribution in [3.8, 4) is 0 Å². The standard InChI is InChI=1S/C10H16/c1-2-8-3-4-9-5-7-10(8,9)6-1/h8-9H,1-7H2. The molecule has 1 spiro atoms. The molecule has 0 radical (unpaired) electrons. The molecule has 3 aliphatic rings. The van der Waals surface area contributed by atoms with Gasteiger partial charge in [-0.3, -0.25) is 0 Å². The Morgan fingerprint density at radius 3 is 2.20 bits per heavy atom. The molecule has 3 fully saturated rings. The average Bonchev–Trinajstić information content (AvgIpc) is 2.38. The number of hydrogen-bond acceptors (Lipinski definition) is 0. The van der Waals surface area contributed by atoms with Gasteiger partial charge in [0.15, 0.2) is 0 Å². The normalized spacial score (nSPS) is 57.6. The van der Waals surface area contributed by atoms with E-state index in [0.29, 0.717) is 0 Å². The third-order valence-corrected chi connectivity index (χ3v) is 4.64. The van der Waals surface area contributed by atoms with Crippen molar-refractivity contribution >= 4 is 0 Å². The first-order valence-electron chi connectivity index (χ1n) is 4.92. The second kappa shape index (κ2) is 1.60. The van der Waals surface area contributed by atoms with Crippen LogP contribution >= 0.6 is 0 Å². The van der Waals surface area contributed by atoms with Gasteiger partial charge in [0.1, 0.15) is 0 Å². The fraction of sp³-hybridized carbons (Fsp3) is 1.00. The van der Waals surface area contributed by atoms with Crippen LogP contribution in [0.25, 0.3) is 0 Å². The first-order valence-corrected chi connectivity index (χ1v) is 4.92. The largest absolute Gasteiger partial charge is 0.0525 e. The van der Waals surface area contributed by atoms with Crippen LogP contribution in [-0.4, -0.2) is 0 Å². The average molecular weight is 136 g/mol. The Bertz CT molecular complexity index is 161. The van der Waals surface area contributed by atoms with Gasteiger partial charge in [-0.2, -0.15) is 0 Å². The molecule has 0 N–H and O–H groups in total. The van der Waals surface area contributed by atoms with Crippen LogP contribution in [0.15, 0.2) is 0 Å². The first kappa shape index (κ1) is 5.62. The lowest BCUT2D eigenvalue weighted by molar-refractivity contribution is 0.0414. The second-order valence-corrected chi connectivity index (χ2v) is 4.64. The lowest BCUT2D eigenvalue weighted by Crippen LogP contribution is -2.37. The monoisotopic (exact) mass is 136 g/mol. The molecule has 3 atom stereocenters. The summed E-state index contributed by atoms with van der Waals surface area (Å²) in [5, 5.41) is 0. The fourth-order valence-corrected chi connectivity index (χ4v) is 4.02. The van der Waals surface area contributed by atoms with Gasteiger partial charge in [-0.1, -0.05) is 6.42 Å². The summed E-state index contributed by atoms with van der Waals surface area (Å²) in [7, 11) is 0. The Morgan fingerprint density at radius 2 is 1.60 bits per heavy atom. The molecule has 0 nitrogen and oxygen atoms in total. The van der Waals surface area contributed by atoms with Gasteiger partial charge in [-0.05, 0) is 55.8 Å². The van der Waals surface area contributed by atoms with Gasteiger partial charge in [-0.15, -0.1) is 0 Å². The molecule has 3 unspecified atom stereocenters. The lowest BCUT2D eigenvalue weighted by atomic mass is 9.59. The van der Waals surface area contributed by atoms with E-state index in [1.807, 2.05) is 0 Å². The molecule has 56 valence electrons. The zero-order chi connectivity index (χ0) is 6.60. The topological polar surface area (TPSA) is 0 Å². The number of rotatable bonds is 0. The van der Waals surface area contributed by atoms with Gasteiger partial charge >= 0.3 is 0 Å². The minimum Gasteiger partial charge on any atom is -0.0525 e. The zero-order valence-electron chi connectivity index (χ0n) is 6.60. The van der Waals surface area contributed by atoms with Crippen LogP contribution in [0.4, 0.5) is 0 Å². The van der Waals surface area contributed by atoms with Gasteiger partial charge in [0.25, 0.3) is 0 Å². The Labute approximate surface area is 63.0 Å². The van der Waals surface area contributed by atoms with Crippen LogP contribution in [0.5, 0.6) is 0 Å². The van der Waals surface area contributed by atoms with Crippen molar-refractivity contribution in [1.82, 2.24) is 0 Å². The van der Waals surface area contributed by atoms with E-state index in [1.54, 1.807) is 44.9 Å². The smallest absolute Gasteiger partial charge is 0.0241 e. The predicted molar refractivity (Wildman–Crippen MR) is 41.7 cm³/mol. The van der Waals surface area contributed by atoms with E-state index in [2.05, 4.69) is 0 Å². The van der Waals surface area contributed by atoms with E-state index in [-0.39, 0.29) is 0 Å². The summed E-state index contributed by atoms with van der Waals surface area (Å²) in [5.41, 5.74) is 0.944. The van der Waals surface area contributed by atoms with Gasteiger partial charge in [0.2, 0.25) is 0 Å².